The fraction of sp³-hybridized carbons (Fsp3) is 0.333. The van der Waals surface area contributed by atoms with Gasteiger partial charge in [0.15, 0.2) is 0 Å². The van der Waals surface area contributed by atoms with Gasteiger partial charge >= 0.3 is 5.97 Å². The molecule has 1 heterocycles. The Bertz CT molecular complexity index is 597. The first kappa shape index (κ1) is 13.3. The maximum absolute atomic E-state index is 11.3. The summed E-state index contributed by atoms with van der Waals surface area (Å²) in [6, 6.07) is 8.28. The normalized spacial score (nSPS) is 10.7. The van der Waals surface area contributed by atoms with Crippen LogP contribution in [0.1, 0.15) is 33.1 Å². The lowest BCUT2D eigenvalue weighted by Gasteiger charge is -2.03. The van der Waals surface area contributed by atoms with E-state index in [1.807, 2.05) is 6.92 Å². The molecule has 1 aromatic heterocycles. The molecule has 1 N–H and O–H groups in total. The smallest absolute Gasteiger partial charge is 0.354 e. The zero-order valence-electron chi connectivity index (χ0n) is 11.5. The molecule has 0 aliphatic heterocycles. The summed E-state index contributed by atoms with van der Waals surface area (Å²) in [6.45, 7) is 3.87. The number of hydrogen-bond acceptors (Lipinski definition) is 2. The van der Waals surface area contributed by atoms with Crippen LogP contribution < -0.4 is 0 Å². The SMILES string of the molecule is Cc1ccc(CCc2nc(C)n(C)c2C(=O)O)cc1. The van der Waals surface area contributed by atoms with Gasteiger partial charge in [-0.3, -0.25) is 0 Å². The molecule has 0 saturated carbocycles. The van der Waals surface area contributed by atoms with E-state index in [2.05, 4.69) is 36.2 Å². The molecule has 1 aromatic carbocycles. The van der Waals surface area contributed by atoms with Crippen molar-refractivity contribution in [2.24, 2.45) is 7.05 Å². The third kappa shape index (κ3) is 2.84. The highest BCUT2D eigenvalue weighted by Gasteiger charge is 2.18. The molecule has 0 spiro atoms. The van der Waals surface area contributed by atoms with Crippen LogP contribution in [0.4, 0.5) is 0 Å². The quantitative estimate of drug-likeness (QED) is 0.916. The molecular formula is C15H18N2O2. The highest BCUT2D eigenvalue weighted by Crippen LogP contribution is 2.14. The zero-order valence-corrected chi connectivity index (χ0v) is 11.5. The molecule has 0 radical (unpaired) electrons. The Balaban J connectivity index is 2.18. The van der Waals surface area contributed by atoms with E-state index >= 15 is 0 Å². The molecule has 2 rings (SSSR count). The van der Waals surface area contributed by atoms with Gasteiger partial charge in [-0.1, -0.05) is 29.8 Å². The summed E-state index contributed by atoms with van der Waals surface area (Å²) in [5, 5.41) is 9.23. The lowest BCUT2D eigenvalue weighted by molar-refractivity contribution is 0.0685. The Morgan fingerprint density at radius 2 is 1.84 bits per heavy atom. The van der Waals surface area contributed by atoms with Gasteiger partial charge < -0.3 is 9.67 Å². The molecule has 0 atom stereocenters. The van der Waals surface area contributed by atoms with E-state index in [-0.39, 0.29) is 0 Å². The van der Waals surface area contributed by atoms with E-state index < -0.39 is 5.97 Å². The molecule has 0 amide bonds. The van der Waals surface area contributed by atoms with Crippen molar-refractivity contribution in [2.75, 3.05) is 0 Å². The first-order chi connectivity index (χ1) is 8.99. The van der Waals surface area contributed by atoms with Crippen molar-refractivity contribution in [3.8, 4) is 0 Å². The van der Waals surface area contributed by atoms with Gasteiger partial charge in [0.05, 0.1) is 5.69 Å². The standard InChI is InChI=1S/C15H18N2O2/c1-10-4-6-12(7-5-10)8-9-13-14(15(18)19)17(3)11(2)16-13/h4-7H,8-9H2,1-3H3,(H,18,19). The molecule has 4 heteroatoms. The van der Waals surface area contributed by atoms with Crippen molar-refractivity contribution in [3.05, 3.63) is 52.6 Å². The summed E-state index contributed by atoms with van der Waals surface area (Å²) < 4.78 is 1.63. The average Bonchev–Trinajstić information content (AvgIpc) is 2.64. The number of hydrogen-bond donors (Lipinski definition) is 1. The van der Waals surface area contributed by atoms with Crippen molar-refractivity contribution >= 4 is 5.97 Å². The molecule has 0 bridgehead atoms. The molecule has 0 aliphatic rings. The van der Waals surface area contributed by atoms with Crippen LogP contribution in [-0.4, -0.2) is 20.6 Å². The van der Waals surface area contributed by atoms with E-state index in [0.29, 0.717) is 17.8 Å². The second-order valence-corrected chi connectivity index (χ2v) is 4.80. The molecule has 4 nitrogen and oxygen atoms in total. The number of imidazole rings is 1. The summed E-state index contributed by atoms with van der Waals surface area (Å²) in [6.07, 6.45) is 1.45. The van der Waals surface area contributed by atoms with Crippen molar-refractivity contribution in [3.63, 3.8) is 0 Å². The highest BCUT2D eigenvalue weighted by molar-refractivity contribution is 5.87. The lowest BCUT2D eigenvalue weighted by atomic mass is 10.1. The largest absolute Gasteiger partial charge is 0.477 e. The Morgan fingerprint density at radius 3 is 2.42 bits per heavy atom. The number of carboxylic acids is 1. The summed E-state index contributed by atoms with van der Waals surface area (Å²) in [4.78, 5) is 15.6. The van der Waals surface area contributed by atoms with Gasteiger partial charge in [0.2, 0.25) is 0 Å². The minimum absolute atomic E-state index is 0.296. The Kier molecular flexibility index (Phi) is 3.69. The first-order valence-corrected chi connectivity index (χ1v) is 6.30. The second kappa shape index (κ2) is 5.26. The van der Waals surface area contributed by atoms with Gasteiger partial charge in [0.1, 0.15) is 11.5 Å². The van der Waals surface area contributed by atoms with Crippen LogP contribution in [0.5, 0.6) is 0 Å². The third-order valence-electron chi connectivity index (χ3n) is 3.36. The third-order valence-corrected chi connectivity index (χ3v) is 3.36. The fourth-order valence-corrected chi connectivity index (χ4v) is 2.14. The summed E-state index contributed by atoms with van der Waals surface area (Å²) in [5.41, 5.74) is 3.38. The van der Waals surface area contributed by atoms with Crippen molar-refractivity contribution in [2.45, 2.75) is 26.7 Å². The van der Waals surface area contributed by atoms with Crippen LogP contribution in [0.15, 0.2) is 24.3 Å². The van der Waals surface area contributed by atoms with Crippen LogP contribution >= 0.6 is 0 Å². The molecule has 0 aliphatic carbocycles. The van der Waals surface area contributed by atoms with E-state index in [9.17, 15) is 9.90 Å². The monoisotopic (exact) mass is 258 g/mol. The van der Waals surface area contributed by atoms with Gasteiger partial charge in [-0.25, -0.2) is 9.78 Å². The van der Waals surface area contributed by atoms with Gasteiger partial charge in [-0.15, -0.1) is 0 Å². The number of carboxylic acid groups (broad SMARTS) is 1. The predicted octanol–water partition coefficient (Wildman–Crippen LogP) is 2.52. The summed E-state index contributed by atoms with van der Waals surface area (Å²) in [7, 11) is 1.74. The number of benzene rings is 1. The number of carbonyl (C=O) groups is 1. The van der Waals surface area contributed by atoms with Crippen molar-refractivity contribution in [1.29, 1.82) is 0 Å². The molecular weight excluding hydrogens is 240 g/mol. The molecule has 2 aromatic rings. The topological polar surface area (TPSA) is 55.1 Å². The molecule has 0 unspecified atom stereocenters. The van der Waals surface area contributed by atoms with E-state index in [0.717, 1.165) is 12.2 Å². The Hall–Kier alpha value is -2.10. The Labute approximate surface area is 112 Å². The fourth-order valence-electron chi connectivity index (χ4n) is 2.14. The van der Waals surface area contributed by atoms with Crippen molar-refractivity contribution in [1.82, 2.24) is 9.55 Å². The molecule has 19 heavy (non-hydrogen) atoms. The Morgan fingerprint density at radius 1 is 1.21 bits per heavy atom. The average molecular weight is 258 g/mol. The second-order valence-electron chi connectivity index (χ2n) is 4.80. The summed E-state index contributed by atoms with van der Waals surface area (Å²) in [5.74, 6) is -0.182. The van der Waals surface area contributed by atoms with Gasteiger partial charge in [0, 0.05) is 7.05 Å². The minimum Gasteiger partial charge on any atom is -0.477 e. The number of aromatic carboxylic acids is 1. The molecule has 0 saturated heterocycles. The van der Waals surface area contributed by atoms with Crippen LogP contribution in [0, 0.1) is 13.8 Å². The number of aromatic nitrogens is 2. The number of rotatable bonds is 4. The maximum atomic E-state index is 11.3. The van der Waals surface area contributed by atoms with Crippen LogP contribution in [0.25, 0.3) is 0 Å². The molecule has 100 valence electrons. The van der Waals surface area contributed by atoms with Crippen LogP contribution in [0.3, 0.4) is 0 Å². The van der Waals surface area contributed by atoms with E-state index in [1.165, 1.54) is 11.1 Å². The molecule has 0 fully saturated rings. The number of nitrogens with zero attached hydrogens (tertiary/aromatic N) is 2. The summed E-state index contributed by atoms with van der Waals surface area (Å²) >= 11 is 0. The van der Waals surface area contributed by atoms with E-state index in [4.69, 9.17) is 0 Å². The van der Waals surface area contributed by atoms with Gasteiger partial charge in [0.25, 0.3) is 0 Å². The van der Waals surface area contributed by atoms with Crippen LogP contribution in [-0.2, 0) is 19.9 Å². The zero-order chi connectivity index (χ0) is 14.0. The minimum atomic E-state index is -0.915. The van der Waals surface area contributed by atoms with Gasteiger partial charge in [-0.05, 0) is 32.3 Å². The van der Waals surface area contributed by atoms with E-state index in [1.54, 1.807) is 11.6 Å². The first-order valence-electron chi connectivity index (χ1n) is 6.30. The van der Waals surface area contributed by atoms with Crippen molar-refractivity contribution < 1.29 is 9.90 Å². The lowest BCUT2D eigenvalue weighted by Crippen LogP contribution is -2.08. The predicted molar refractivity (Wildman–Crippen MR) is 73.5 cm³/mol. The number of aryl methyl sites for hydroxylation is 4. The van der Waals surface area contributed by atoms with Gasteiger partial charge in [-0.2, -0.15) is 0 Å². The maximum Gasteiger partial charge on any atom is 0.354 e. The highest BCUT2D eigenvalue weighted by atomic mass is 16.4. The van der Waals surface area contributed by atoms with Crippen LogP contribution in [0.2, 0.25) is 0 Å².